The number of carboxylic acids is 1. The van der Waals surface area contributed by atoms with E-state index in [4.69, 9.17) is 21.1 Å². The zero-order valence-corrected chi connectivity index (χ0v) is 11.6. The second kappa shape index (κ2) is 5.63. The molecule has 0 radical (unpaired) electrons. The zero-order chi connectivity index (χ0) is 14.0. The number of hydrogen-bond acceptors (Lipinski definition) is 3. The maximum atomic E-state index is 11.1. The first kappa shape index (κ1) is 13.9. The topological polar surface area (TPSA) is 62.5 Å². The normalized spacial score (nSPS) is 13.1. The van der Waals surface area contributed by atoms with E-state index in [9.17, 15) is 4.79 Å². The Balaban J connectivity index is 2.22. The van der Waals surface area contributed by atoms with Crippen LogP contribution in [0.2, 0.25) is 5.22 Å². The molecule has 1 aromatic heterocycles. The van der Waals surface area contributed by atoms with Gasteiger partial charge in [-0.1, -0.05) is 32.0 Å². The monoisotopic (exact) mass is 281 g/mol. The molecule has 19 heavy (non-hydrogen) atoms. The number of carbonyl (C=O) groups is 1. The van der Waals surface area contributed by atoms with E-state index in [-0.39, 0.29) is 5.92 Å². The van der Waals surface area contributed by atoms with Gasteiger partial charge < -0.3 is 9.52 Å². The van der Waals surface area contributed by atoms with Gasteiger partial charge in [0.25, 0.3) is 0 Å². The van der Waals surface area contributed by atoms with Crippen LogP contribution >= 0.6 is 11.6 Å². The van der Waals surface area contributed by atoms with E-state index in [1.807, 2.05) is 38.1 Å². The largest absolute Gasteiger partial charge is 0.480 e. The predicted octanol–water partition coefficient (Wildman–Crippen LogP) is 3.29. The molecule has 5 heteroatoms. The maximum Gasteiger partial charge on any atom is 0.320 e. The Hall–Kier alpha value is -1.52. The standard InChI is InChI=1S/C14H16ClNO3/c1-8(2)12(14(17)18)16-7-10-9-5-3-4-6-11(9)19-13(10)15/h3-6,8,12,16H,7H2,1-2H3,(H,17,18). The maximum absolute atomic E-state index is 11.1. The molecule has 102 valence electrons. The van der Waals surface area contributed by atoms with Gasteiger partial charge in [0.1, 0.15) is 11.6 Å². The van der Waals surface area contributed by atoms with Gasteiger partial charge in [-0.15, -0.1) is 0 Å². The third-order valence-corrected chi connectivity index (χ3v) is 3.39. The minimum absolute atomic E-state index is 0.00515. The van der Waals surface area contributed by atoms with Crippen LogP contribution in [0.1, 0.15) is 19.4 Å². The molecule has 1 unspecified atom stereocenters. The molecular formula is C14H16ClNO3. The molecule has 2 N–H and O–H groups in total. The van der Waals surface area contributed by atoms with Crippen molar-refractivity contribution in [3.8, 4) is 0 Å². The van der Waals surface area contributed by atoms with Crippen molar-refractivity contribution in [2.75, 3.05) is 0 Å². The Morgan fingerprint density at radius 1 is 1.42 bits per heavy atom. The molecule has 1 heterocycles. The number of halogens is 1. The van der Waals surface area contributed by atoms with Gasteiger partial charge in [0.2, 0.25) is 0 Å². The van der Waals surface area contributed by atoms with Gasteiger partial charge in [-0.25, -0.2) is 0 Å². The van der Waals surface area contributed by atoms with Crippen LogP contribution in [0.4, 0.5) is 0 Å². The molecule has 0 saturated carbocycles. The van der Waals surface area contributed by atoms with Crippen LogP contribution in [0.5, 0.6) is 0 Å². The first-order valence-electron chi connectivity index (χ1n) is 6.12. The van der Waals surface area contributed by atoms with Crippen LogP contribution in [0.3, 0.4) is 0 Å². The summed E-state index contributed by atoms with van der Waals surface area (Å²) in [6.07, 6.45) is 0. The number of hydrogen-bond donors (Lipinski definition) is 2. The summed E-state index contributed by atoms with van der Waals surface area (Å²) < 4.78 is 5.43. The lowest BCUT2D eigenvalue weighted by molar-refractivity contribution is -0.140. The fraction of sp³-hybridized carbons (Fsp3) is 0.357. The molecule has 1 atom stereocenters. The average molecular weight is 282 g/mol. The van der Waals surface area contributed by atoms with Crippen molar-refractivity contribution >= 4 is 28.5 Å². The summed E-state index contributed by atoms with van der Waals surface area (Å²) in [7, 11) is 0. The molecule has 2 aromatic rings. The van der Waals surface area contributed by atoms with Crippen LogP contribution in [0, 0.1) is 5.92 Å². The number of fused-ring (bicyclic) bond motifs is 1. The van der Waals surface area contributed by atoms with Crippen LogP contribution in [0.25, 0.3) is 11.0 Å². The Morgan fingerprint density at radius 2 is 2.11 bits per heavy atom. The molecule has 4 nitrogen and oxygen atoms in total. The third-order valence-electron chi connectivity index (χ3n) is 3.08. The summed E-state index contributed by atoms with van der Waals surface area (Å²) in [6, 6.07) is 6.90. The first-order chi connectivity index (χ1) is 9.00. The van der Waals surface area contributed by atoms with Crippen molar-refractivity contribution in [1.82, 2.24) is 5.32 Å². The highest BCUT2D eigenvalue weighted by Gasteiger charge is 2.22. The molecular weight excluding hydrogens is 266 g/mol. The molecule has 1 aromatic carbocycles. The van der Waals surface area contributed by atoms with Crippen molar-refractivity contribution in [2.24, 2.45) is 5.92 Å². The van der Waals surface area contributed by atoms with Crippen molar-refractivity contribution in [3.05, 3.63) is 35.0 Å². The molecule has 0 bridgehead atoms. The number of nitrogens with one attached hydrogen (secondary N) is 1. The van der Waals surface area contributed by atoms with Crippen molar-refractivity contribution in [1.29, 1.82) is 0 Å². The molecule has 0 aliphatic heterocycles. The second-order valence-electron chi connectivity index (χ2n) is 4.79. The lowest BCUT2D eigenvalue weighted by atomic mass is 10.0. The van der Waals surface area contributed by atoms with Gasteiger partial charge in [0, 0.05) is 17.5 Å². The molecule has 2 rings (SSSR count). The number of benzene rings is 1. The summed E-state index contributed by atoms with van der Waals surface area (Å²) in [4.78, 5) is 11.1. The number of rotatable bonds is 5. The number of para-hydroxylation sites is 1. The average Bonchev–Trinajstić information content (AvgIpc) is 2.65. The van der Waals surface area contributed by atoms with Crippen LogP contribution in [0.15, 0.2) is 28.7 Å². The van der Waals surface area contributed by atoms with E-state index in [0.29, 0.717) is 17.3 Å². The third kappa shape index (κ3) is 2.91. The Labute approximate surface area is 116 Å². The minimum atomic E-state index is -0.862. The molecule has 0 aliphatic carbocycles. The van der Waals surface area contributed by atoms with Gasteiger partial charge in [0.15, 0.2) is 5.22 Å². The fourth-order valence-electron chi connectivity index (χ4n) is 2.05. The molecule has 0 saturated heterocycles. The SMILES string of the molecule is CC(C)C(NCc1c(Cl)oc2ccccc12)C(=O)O. The highest BCUT2D eigenvalue weighted by molar-refractivity contribution is 6.30. The van der Waals surface area contributed by atoms with E-state index in [1.165, 1.54) is 0 Å². The van der Waals surface area contributed by atoms with E-state index in [2.05, 4.69) is 5.32 Å². The summed E-state index contributed by atoms with van der Waals surface area (Å²) in [6.45, 7) is 4.09. The Morgan fingerprint density at radius 3 is 2.74 bits per heavy atom. The first-order valence-corrected chi connectivity index (χ1v) is 6.50. The van der Waals surface area contributed by atoms with Crippen LogP contribution in [-0.2, 0) is 11.3 Å². The quantitative estimate of drug-likeness (QED) is 0.883. The van der Waals surface area contributed by atoms with Crippen molar-refractivity contribution in [3.63, 3.8) is 0 Å². The van der Waals surface area contributed by atoms with Crippen molar-refractivity contribution < 1.29 is 14.3 Å². The lowest BCUT2D eigenvalue weighted by Gasteiger charge is -2.17. The van der Waals surface area contributed by atoms with E-state index in [0.717, 1.165) is 10.9 Å². The second-order valence-corrected chi connectivity index (χ2v) is 5.13. The summed E-state index contributed by atoms with van der Waals surface area (Å²) in [5.74, 6) is -0.867. The van der Waals surface area contributed by atoms with E-state index in [1.54, 1.807) is 0 Å². The zero-order valence-electron chi connectivity index (χ0n) is 10.8. The molecule has 0 spiro atoms. The summed E-state index contributed by atoms with van der Waals surface area (Å²) in [5.41, 5.74) is 1.50. The van der Waals surface area contributed by atoms with E-state index >= 15 is 0 Å². The highest BCUT2D eigenvalue weighted by atomic mass is 35.5. The smallest absolute Gasteiger partial charge is 0.320 e. The highest BCUT2D eigenvalue weighted by Crippen LogP contribution is 2.29. The van der Waals surface area contributed by atoms with Gasteiger partial charge in [-0.3, -0.25) is 10.1 Å². The Kier molecular flexibility index (Phi) is 4.12. The van der Waals surface area contributed by atoms with Gasteiger partial charge in [-0.05, 0) is 23.6 Å². The van der Waals surface area contributed by atoms with Crippen LogP contribution < -0.4 is 5.32 Å². The molecule has 0 fully saturated rings. The Bertz CT molecular complexity index is 591. The van der Waals surface area contributed by atoms with Crippen LogP contribution in [-0.4, -0.2) is 17.1 Å². The number of carboxylic acid groups (broad SMARTS) is 1. The fourth-order valence-corrected chi connectivity index (χ4v) is 2.31. The van der Waals surface area contributed by atoms with Crippen molar-refractivity contribution in [2.45, 2.75) is 26.4 Å². The summed E-state index contributed by atoms with van der Waals surface area (Å²) >= 11 is 6.06. The molecule has 0 amide bonds. The lowest BCUT2D eigenvalue weighted by Crippen LogP contribution is -2.40. The van der Waals surface area contributed by atoms with E-state index < -0.39 is 12.0 Å². The minimum Gasteiger partial charge on any atom is -0.480 e. The van der Waals surface area contributed by atoms with Gasteiger partial charge >= 0.3 is 5.97 Å². The number of aliphatic carboxylic acids is 1. The van der Waals surface area contributed by atoms with Gasteiger partial charge in [0.05, 0.1) is 0 Å². The van der Waals surface area contributed by atoms with Gasteiger partial charge in [-0.2, -0.15) is 0 Å². The predicted molar refractivity (Wildman–Crippen MR) is 74.3 cm³/mol. The number of furan rings is 1. The molecule has 0 aliphatic rings. The summed E-state index contributed by atoms with van der Waals surface area (Å²) in [5, 5.41) is 13.4.